The molecule has 94 valence electrons. The van der Waals surface area contributed by atoms with Crippen LogP contribution in [0.2, 0.25) is 0 Å². The van der Waals surface area contributed by atoms with Gasteiger partial charge >= 0.3 is 0 Å². The fraction of sp³-hybridized carbons (Fsp3) is 0.200. The first-order valence-electron chi connectivity index (χ1n) is 5.89. The first-order valence-corrected chi connectivity index (χ1v) is 6.68. The van der Waals surface area contributed by atoms with Crippen molar-refractivity contribution in [1.29, 1.82) is 0 Å². The maximum Gasteiger partial charge on any atom is 0.120 e. The van der Waals surface area contributed by atoms with E-state index >= 15 is 0 Å². The highest BCUT2D eigenvalue weighted by Gasteiger charge is 2.02. The van der Waals surface area contributed by atoms with Gasteiger partial charge in [0.25, 0.3) is 0 Å². The minimum atomic E-state index is 0.592. The van der Waals surface area contributed by atoms with Crippen LogP contribution >= 0.6 is 15.9 Å². The smallest absolute Gasteiger partial charge is 0.120 e. The molecule has 0 saturated carbocycles. The Bertz CT molecular complexity index is 513. The second kappa shape index (κ2) is 6.57. The predicted molar refractivity (Wildman–Crippen MR) is 77.7 cm³/mol. The first-order chi connectivity index (χ1) is 8.79. The fourth-order valence-electron chi connectivity index (χ4n) is 1.78. The summed E-state index contributed by atoms with van der Waals surface area (Å²) in [4.78, 5) is 0. The molecule has 0 fully saturated rings. The summed E-state index contributed by atoms with van der Waals surface area (Å²) < 4.78 is 6.83. The van der Waals surface area contributed by atoms with E-state index in [1.165, 1.54) is 11.1 Å². The van der Waals surface area contributed by atoms with Gasteiger partial charge in [-0.2, -0.15) is 0 Å². The molecule has 0 aromatic heterocycles. The molecule has 0 aliphatic rings. The summed E-state index contributed by atoms with van der Waals surface area (Å²) in [6.07, 6.45) is 0. The maximum atomic E-state index is 5.80. The molecule has 0 radical (unpaired) electrons. The molecule has 0 heterocycles. The summed E-state index contributed by atoms with van der Waals surface area (Å²) >= 11 is 3.44. The van der Waals surface area contributed by atoms with Crippen LogP contribution in [-0.2, 0) is 13.2 Å². The maximum absolute atomic E-state index is 5.80. The van der Waals surface area contributed by atoms with E-state index in [9.17, 15) is 0 Å². The van der Waals surface area contributed by atoms with Gasteiger partial charge in [-0.15, -0.1) is 0 Å². The highest BCUT2D eigenvalue weighted by Crippen LogP contribution is 2.19. The summed E-state index contributed by atoms with van der Waals surface area (Å²) in [7, 11) is 1.95. The van der Waals surface area contributed by atoms with Crippen LogP contribution in [0.4, 0.5) is 0 Å². The number of benzene rings is 2. The molecule has 2 aromatic rings. The van der Waals surface area contributed by atoms with Gasteiger partial charge in [-0.25, -0.2) is 0 Å². The lowest BCUT2D eigenvalue weighted by Gasteiger charge is -2.11. The van der Waals surface area contributed by atoms with E-state index in [1.807, 2.05) is 37.4 Å². The average molecular weight is 306 g/mol. The molecule has 0 bridgehead atoms. The third-order valence-corrected chi connectivity index (χ3v) is 3.17. The highest BCUT2D eigenvalue weighted by molar-refractivity contribution is 9.10. The van der Waals surface area contributed by atoms with Crippen LogP contribution < -0.4 is 10.1 Å². The summed E-state index contributed by atoms with van der Waals surface area (Å²) in [5.41, 5.74) is 2.49. The quantitative estimate of drug-likeness (QED) is 0.908. The van der Waals surface area contributed by atoms with Crippen molar-refractivity contribution >= 4 is 15.9 Å². The second-order valence-corrected chi connectivity index (χ2v) is 4.96. The monoisotopic (exact) mass is 305 g/mol. The molecule has 0 spiro atoms. The molecule has 0 amide bonds. The number of hydrogen-bond donors (Lipinski definition) is 1. The van der Waals surface area contributed by atoms with Crippen molar-refractivity contribution in [3.05, 3.63) is 64.1 Å². The lowest BCUT2D eigenvalue weighted by molar-refractivity contribution is 0.304. The Kier molecular flexibility index (Phi) is 4.79. The zero-order valence-electron chi connectivity index (χ0n) is 10.3. The van der Waals surface area contributed by atoms with Crippen molar-refractivity contribution in [2.45, 2.75) is 13.2 Å². The van der Waals surface area contributed by atoms with Gasteiger partial charge < -0.3 is 10.1 Å². The van der Waals surface area contributed by atoms with Gasteiger partial charge in [0, 0.05) is 11.0 Å². The van der Waals surface area contributed by atoms with Crippen LogP contribution in [0, 0.1) is 0 Å². The number of halogens is 1. The Labute approximate surface area is 116 Å². The van der Waals surface area contributed by atoms with Crippen LogP contribution in [0.15, 0.2) is 53.0 Å². The van der Waals surface area contributed by atoms with Gasteiger partial charge in [0.2, 0.25) is 0 Å². The van der Waals surface area contributed by atoms with Gasteiger partial charge in [-0.1, -0.05) is 46.3 Å². The summed E-state index contributed by atoms with van der Waals surface area (Å²) in [6.45, 7) is 1.45. The lowest BCUT2D eigenvalue weighted by atomic mass is 10.1. The van der Waals surface area contributed by atoms with Crippen LogP contribution in [0.1, 0.15) is 11.1 Å². The van der Waals surface area contributed by atoms with E-state index in [-0.39, 0.29) is 0 Å². The van der Waals surface area contributed by atoms with E-state index in [4.69, 9.17) is 4.74 Å². The molecule has 2 aromatic carbocycles. The highest BCUT2D eigenvalue weighted by atomic mass is 79.9. The molecule has 0 unspecified atom stereocenters. The van der Waals surface area contributed by atoms with Crippen LogP contribution in [0.25, 0.3) is 0 Å². The number of ether oxygens (including phenoxy) is 1. The van der Waals surface area contributed by atoms with Crippen molar-refractivity contribution in [2.24, 2.45) is 0 Å². The molecular formula is C15H16BrNO. The van der Waals surface area contributed by atoms with Crippen molar-refractivity contribution in [1.82, 2.24) is 5.32 Å². The fourth-order valence-corrected chi connectivity index (χ4v) is 2.16. The van der Waals surface area contributed by atoms with E-state index in [1.54, 1.807) is 0 Å². The Morgan fingerprint density at radius 1 is 1.06 bits per heavy atom. The molecule has 18 heavy (non-hydrogen) atoms. The summed E-state index contributed by atoms with van der Waals surface area (Å²) in [6, 6.07) is 16.2. The van der Waals surface area contributed by atoms with Crippen LogP contribution in [0.3, 0.4) is 0 Å². The average Bonchev–Trinajstić information content (AvgIpc) is 2.38. The molecular weight excluding hydrogens is 290 g/mol. The topological polar surface area (TPSA) is 21.3 Å². The number of nitrogens with one attached hydrogen (secondary N) is 1. The third-order valence-electron chi connectivity index (χ3n) is 2.68. The van der Waals surface area contributed by atoms with Crippen molar-refractivity contribution in [2.75, 3.05) is 7.05 Å². The Hall–Kier alpha value is -1.32. The third kappa shape index (κ3) is 3.59. The molecule has 2 nitrogen and oxygen atoms in total. The second-order valence-electron chi connectivity index (χ2n) is 4.05. The normalized spacial score (nSPS) is 10.3. The zero-order valence-corrected chi connectivity index (χ0v) is 11.9. The van der Waals surface area contributed by atoms with E-state index < -0.39 is 0 Å². The zero-order chi connectivity index (χ0) is 12.8. The Balaban J connectivity index is 2.06. The number of rotatable bonds is 5. The molecule has 0 saturated heterocycles. The van der Waals surface area contributed by atoms with Gasteiger partial charge in [-0.3, -0.25) is 0 Å². The van der Waals surface area contributed by atoms with Gasteiger partial charge in [-0.05, 0) is 36.4 Å². The first kappa shape index (κ1) is 13.1. The van der Waals surface area contributed by atoms with E-state index in [0.29, 0.717) is 6.61 Å². The van der Waals surface area contributed by atoms with Crippen molar-refractivity contribution < 1.29 is 4.74 Å². The molecule has 0 aliphatic heterocycles. The Morgan fingerprint density at radius 2 is 1.83 bits per heavy atom. The van der Waals surface area contributed by atoms with Gasteiger partial charge in [0.15, 0.2) is 0 Å². The standard InChI is InChI=1S/C15H16BrNO/c1-17-10-12-5-2-3-6-13(12)11-18-15-8-4-7-14(16)9-15/h2-9,17H,10-11H2,1H3. The molecule has 3 heteroatoms. The van der Waals surface area contributed by atoms with Crippen molar-refractivity contribution in [3.63, 3.8) is 0 Å². The summed E-state index contributed by atoms with van der Waals surface area (Å²) in [5.74, 6) is 0.878. The van der Waals surface area contributed by atoms with Gasteiger partial charge in [0.05, 0.1) is 0 Å². The minimum absolute atomic E-state index is 0.592. The minimum Gasteiger partial charge on any atom is -0.489 e. The largest absolute Gasteiger partial charge is 0.489 e. The predicted octanol–water partition coefficient (Wildman–Crippen LogP) is 3.75. The molecule has 0 atom stereocenters. The van der Waals surface area contributed by atoms with Crippen molar-refractivity contribution in [3.8, 4) is 5.75 Å². The van der Waals surface area contributed by atoms with Gasteiger partial charge in [0.1, 0.15) is 12.4 Å². The summed E-state index contributed by atoms with van der Waals surface area (Å²) in [5, 5.41) is 3.17. The SMILES string of the molecule is CNCc1ccccc1COc1cccc(Br)c1. The molecule has 1 N–H and O–H groups in total. The number of hydrogen-bond acceptors (Lipinski definition) is 2. The molecule has 0 aliphatic carbocycles. The lowest BCUT2D eigenvalue weighted by Crippen LogP contribution is -2.09. The molecule has 2 rings (SSSR count). The van der Waals surface area contributed by atoms with Crippen LogP contribution in [0.5, 0.6) is 5.75 Å². The van der Waals surface area contributed by atoms with E-state index in [2.05, 4.69) is 39.4 Å². The van der Waals surface area contributed by atoms with E-state index in [0.717, 1.165) is 16.8 Å². The van der Waals surface area contributed by atoms with Crippen LogP contribution in [-0.4, -0.2) is 7.05 Å². The Morgan fingerprint density at radius 3 is 2.56 bits per heavy atom.